The minimum absolute atomic E-state index is 0.0673. The molecule has 1 aromatic rings. The number of benzene rings is 1. The lowest BCUT2D eigenvalue weighted by molar-refractivity contribution is -0.535. The number of rotatable bonds is 2. The highest BCUT2D eigenvalue weighted by atomic mass is 16.3. The van der Waals surface area contributed by atoms with Crippen LogP contribution in [0.15, 0.2) is 18.2 Å². The lowest BCUT2D eigenvalue weighted by Crippen LogP contribution is -2.00. The van der Waals surface area contributed by atoms with Crippen molar-refractivity contribution in [3.63, 3.8) is 0 Å². The first-order valence-electron chi connectivity index (χ1n) is 3.55. The van der Waals surface area contributed by atoms with E-state index in [1.807, 2.05) is 0 Å². The van der Waals surface area contributed by atoms with Gasteiger partial charge in [-0.25, -0.2) is 0 Å². The molecule has 1 aromatic carbocycles. The van der Waals surface area contributed by atoms with Crippen LogP contribution in [0.4, 0.5) is 5.69 Å². The molecule has 1 rings (SSSR count). The van der Waals surface area contributed by atoms with Crippen molar-refractivity contribution < 1.29 is 9.87 Å². The van der Waals surface area contributed by atoms with Crippen molar-refractivity contribution in [3.05, 3.63) is 28.7 Å². The van der Waals surface area contributed by atoms with Crippen molar-refractivity contribution in [1.82, 2.24) is 0 Å². The smallest absolute Gasteiger partial charge is 0.220 e. The van der Waals surface area contributed by atoms with Gasteiger partial charge in [0.15, 0.2) is 7.05 Å². The van der Waals surface area contributed by atoms with E-state index in [4.69, 9.17) is 5.73 Å². The van der Waals surface area contributed by atoms with Gasteiger partial charge in [0.05, 0.1) is 5.56 Å². The maximum atomic E-state index is 10.6. The molecule has 0 amide bonds. The monoisotopic (exact) mass is 167 g/mol. The van der Waals surface area contributed by atoms with E-state index in [0.717, 1.165) is 4.76 Å². The molecule has 0 aliphatic carbocycles. The third kappa shape index (κ3) is 1.95. The van der Waals surface area contributed by atoms with Crippen LogP contribution in [-0.4, -0.2) is 16.9 Å². The average molecular weight is 167 g/mol. The molecule has 0 heterocycles. The molecule has 0 aliphatic heterocycles. The molecule has 4 heteroatoms. The van der Waals surface area contributed by atoms with Crippen molar-refractivity contribution in [1.29, 1.82) is 0 Å². The van der Waals surface area contributed by atoms with E-state index in [0.29, 0.717) is 11.3 Å². The molecule has 0 fully saturated rings. The standard InChI is InChI=1S/C8H10N2O2/c1-10(12)5-6-2-3-7(9)4-8(6)11/h2-4H,5,9H2,1H3/p+1. The Bertz CT molecular complexity index is 310. The minimum Gasteiger partial charge on any atom is -0.507 e. The molecule has 0 bridgehead atoms. The largest absolute Gasteiger partial charge is 0.507 e. The summed E-state index contributed by atoms with van der Waals surface area (Å²) in [5, 5.41) is 9.29. The molecule has 0 atom stereocenters. The second-order valence-corrected chi connectivity index (χ2v) is 2.67. The molecule has 3 N–H and O–H groups in total. The highest BCUT2D eigenvalue weighted by Crippen LogP contribution is 2.20. The van der Waals surface area contributed by atoms with Crippen LogP contribution in [-0.2, 0) is 6.54 Å². The molecule has 4 nitrogen and oxygen atoms in total. The predicted octanol–water partition coefficient (Wildman–Crippen LogP) is 0.883. The van der Waals surface area contributed by atoms with Crippen molar-refractivity contribution in [2.45, 2.75) is 6.54 Å². The van der Waals surface area contributed by atoms with Gasteiger partial charge in [-0.05, 0) is 16.9 Å². The first kappa shape index (κ1) is 8.52. The summed E-state index contributed by atoms with van der Waals surface area (Å²) in [6.45, 7) is 0.173. The topological polar surface area (TPSA) is 66.3 Å². The van der Waals surface area contributed by atoms with Crippen molar-refractivity contribution in [2.75, 3.05) is 12.8 Å². The average Bonchev–Trinajstić information content (AvgIpc) is 1.94. The highest BCUT2D eigenvalue weighted by molar-refractivity contribution is 5.47. The highest BCUT2D eigenvalue weighted by Gasteiger charge is 2.07. The summed E-state index contributed by atoms with van der Waals surface area (Å²) in [7, 11) is 1.40. The van der Waals surface area contributed by atoms with E-state index in [-0.39, 0.29) is 12.3 Å². The van der Waals surface area contributed by atoms with Crippen LogP contribution in [0.5, 0.6) is 5.75 Å². The van der Waals surface area contributed by atoms with Gasteiger partial charge in [-0.1, -0.05) is 0 Å². The zero-order chi connectivity index (χ0) is 9.14. The Balaban J connectivity index is 2.93. The summed E-state index contributed by atoms with van der Waals surface area (Å²) in [5.74, 6) is 0.0673. The summed E-state index contributed by atoms with van der Waals surface area (Å²) >= 11 is 0. The second-order valence-electron chi connectivity index (χ2n) is 2.67. The number of phenols is 1. The lowest BCUT2D eigenvalue weighted by Gasteiger charge is -1.99. The minimum atomic E-state index is 0.0673. The van der Waals surface area contributed by atoms with E-state index in [1.54, 1.807) is 12.1 Å². The summed E-state index contributed by atoms with van der Waals surface area (Å²) in [6.07, 6.45) is 0. The number of phenolic OH excluding ortho intramolecular Hbond substituents is 1. The van der Waals surface area contributed by atoms with E-state index >= 15 is 0 Å². The Kier molecular flexibility index (Phi) is 2.28. The van der Waals surface area contributed by atoms with E-state index in [9.17, 15) is 10.0 Å². The fourth-order valence-electron chi connectivity index (χ4n) is 0.954. The molecular formula is C8H11N2O2+. The van der Waals surface area contributed by atoms with Crippen molar-refractivity contribution in [3.8, 4) is 5.75 Å². The van der Waals surface area contributed by atoms with Gasteiger partial charge >= 0.3 is 0 Å². The van der Waals surface area contributed by atoms with Gasteiger partial charge in [0, 0.05) is 16.7 Å². The first-order chi connectivity index (χ1) is 5.59. The molecule has 0 unspecified atom stereocenters. The van der Waals surface area contributed by atoms with Gasteiger partial charge < -0.3 is 10.8 Å². The van der Waals surface area contributed by atoms with Gasteiger partial charge in [-0.3, -0.25) is 0 Å². The van der Waals surface area contributed by atoms with Crippen LogP contribution in [0.2, 0.25) is 0 Å². The number of hydrogen-bond acceptors (Lipinski definition) is 3. The summed E-state index contributed by atoms with van der Waals surface area (Å²) in [6, 6.07) is 4.72. The molecule has 64 valence electrons. The Hall–Kier alpha value is -1.58. The van der Waals surface area contributed by atoms with Crippen LogP contribution in [0.25, 0.3) is 0 Å². The second kappa shape index (κ2) is 3.21. The zero-order valence-corrected chi connectivity index (χ0v) is 6.82. The fraction of sp³-hybridized carbons (Fsp3) is 0.250. The molecule has 12 heavy (non-hydrogen) atoms. The molecule has 0 saturated carbocycles. The Labute approximate surface area is 70.2 Å². The number of anilines is 1. The summed E-state index contributed by atoms with van der Waals surface area (Å²) in [5.41, 5.74) is 6.48. The van der Waals surface area contributed by atoms with Gasteiger partial charge in [-0.2, -0.15) is 0 Å². The van der Waals surface area contributed by atoms with Gasteiger partial charge in [0.25, 0.3) is 0 Å². The number of hydrogen-bond donors (Lipinski definition) is 2. The normalized spacial score (nSPS) is 9.75. The van der Waals surface area contributed by atoms with Crippen LogP contribution in [0.1, 0.15) is 5.56 Å². The molecule has 0 aromatic heterocycles. The van der Waals surface area contributed by atoms with Crippen molar-refractivity contribution in [2.24, 2.45) is 0 Å². The van der Waals surface area contributed by atoms with Crippen LogP contribution >= 0.6 is 0 Å². The third-order valence-electron chi connectivity index (χ3n) is 1.50. The lowest BCUT2D eigenvalue weighted by atomic mass is 10.2. The first-order valence-corrected chi connectivity index (χ1v) is 3.55. The van der Waals surface area contributed by atoms with Crippen LogP contribution in [0, 0.1) is 4.91 Å². The number of nitrogen functional groups attached to an aromatic ring is 1. The predicted molar refractivity (Wildman–Crippen MR) is 45.8 cm³/mol. The maximum Gasteiger partial charge on any atom is 0.220 e. The number of aromatic hydroxyl groups is 1. The summed E-state index contributed by atoms with van der Waals surface area (Å²) < 4.78 is 0.741. The Morgan fingerprint density at radius 1 is 1.58 bits per heavy atom. The van der Waals surface area contributed by atoms with Gasteiger partial charge in [0.2, 0.25) is 6.54 Å². The van der Waals surface area contributed by atoms with E-state index < -0.39 is 0 Å². The van der Waals surface area contributed by atoms with E-state index in [2.05, 4.69) is 0 Å². The molecule has 0 spiro atoms. The van der Waals surface area contributed by atoms with Crippen molar-refractivity contribution >= 4 is 5.69 Å². The molecule has 0 aliphatic rings. The Morgan fingerprint density at radius 2 is 2.25 bits per heavy atom. The molecular weight excluding hydrogens is 156 g/mol. The zero-order valence-electron chi connectivity index (χ0n) is 6.82. The van der Waals surface area contributed by atoms with Crippen LogP contribution < -0.4 is 5.73 Å². The Morgan fingerprint density at radius 3 is 2.75 bits per heavy atom. The SMILES string of the molecule is C[N+](=O)Cc1ccc(N)cc1O. The number of nitrogens with two attached hydrogens (primary N) is 1. The van der Waals surface area contributed by atoms with Gasteiger partial charge in [0.1, 0.15) is 5.75 Å². The molecule has 0 radical (unpaired) electrons. The quantitative estimate of drug-likeness (QED) is 0.507. The third-order valence-corrected chi connectivity index (χ3v) is 1.50. The number of nitrogens with zero attached hydrogens (tertiary/aromatic N) is 1. The summed E-state index contributed by atoms with van der Waals surface area (Å²) in [4.78, 5) is 10.6. The van der Waals surface area contributed by atoms with E-state index in [1.165, 1.54) is 13.1 Å². The van der Waals surface area contributed by atoms with Crippen LogP contribution in [0.3, 0.4) is 0 Å². The number of nitroso groups, excluding NO2 is 1. The fourth-order valence-corrected chi connectivity index (χ4v) is 0.954. The van der Waals surface area contributed by atoms with Gasteiger partial charge in [-0.15, -0.1) is 0 Å². The maximum absolute atomic E-state index is 10.6. The molecule has 0 saturated heterocycles.